The summed E-state index contributed by atoms with van der Waals surface area (Å²) in [4.78, 5) is 17.3. The first-order valence-corrected chi connectivity index (χ1v) is 14.8. The predicted molar refractivity (Wildman–Crippen MR) is 142 cm³/mol. The number of carbonyl (C=O) groups is 1. The SMILES string of the molecule is CC(C)(C)[Si](C)(C)OC[C@@H]1N=C(c2ccc(Cl)cc2)c2cc(Br)ccc2NC1=CC(=O)NN. The number of anilines is 1. The van der Waals surface area contributed by atoms with Gasteiger partial charge in [-0.3, -0.25) is 15.2 Å². The largest absolute Gasteiger partial charge is 0.414 e. The molecule has 0 spiro atoms. The van der Waals surface area contributed by atoms with Crippen molar-refractivity contribution in [2.24, 2.45) is 10.8 Å². The van der Waals surface area contributed by atoms with Crippen LogP contribution in [0.2, 0.25) is 23.2 Å². The van der Waals surface area contributed by atoms with Gasteiger partial charge in [-0.2, -0.15) is 0 Å². The Kier molecular flexibility index (Phi) is 7.86. The molecule has 4 N–H and O–H groups in total. The van der Waals surface area contributed by atoms with Crippen LogP contribution in [-0.4, -0.2) is 32.6 Å². The maximum atomic E-state index is 12.2. The number of amides is 1. The van der Waals surface area contributed by atoms with Gasteiger partial charge in [-0.25, -0.2) is 5.84 Å². The van der Waals surface area contributed by atoms with E-state index >= 15 is 0 Å². The summed E-state index contributed by atoms with van der Waals surface area (Å²) < 4.78 is 7.44. The van der Waals surface area contributed by atoms with Crippen LogP contribution in [0.3, 0.4) is 0 Å². The van der Waals surface area contributed by atoms with E-state index in [1.165, 1.54) is 6.08 Å². The van der Waals surface area contributed by atoms with Crippen molar-refractivity contribution in [1.29, 1.82) is 0 Å². The summed E-state index contributed by atoms with van der Waals surface area (Å²) in [5, 5.41) is 4.10. The van der Waals surface area contributed by atoms with E-state index in [1.54, 1.807) is 0 Å². The van der Waals surface area contributed by atoms with Gasteiger partial charge in [0.1, 0.15) is 6.04 Å². The van der Waals surface area contributed by atoms with Crippen LogP contribution in [0.15, 0.2) is 63.7 Å². The first kappa shape index (κ1) is 25.6. The van der Waals surface area contributed by atoms with Crippen molar-refractivity contribution < 1.29 is 9.22 Å². The molecule has 0 aromatic heterocycles. The molecule has 2 aromatic rings. The Labute approximate surface area is 209 Å². The summed E-state index contributed by atoms with van der Waals surface area (Å²) >= 11 is 9.71. The molecule has 0 aliphatic carbocycles. The molecule has 1 amide bonds. The van der Waals surface area contributed by atoms with Crippen molar-refractivity contribution in [1.82, 2.24) is 5.43 Å². The highest BCUT2D eigenvalue weighted by molar-refractivity contribution is 9.10. The lowest BCUT2D eigenvalue weighted by Gasteiger charge is -2.37. The van der Waals surface area contributed by atoms with Gasteiger partial charge in [0.2, 0.25) is 0 Å². The lowest BCUT2D eigenvalue weighted by Crippen LogP contribution is -2.43. The molecule has 0 radical (unpaired) electrons. The van der Waals surface area contributed by atoms with Crippen LogP contribution < -0.4 is 16.6 Å². The van der Waals surface area contributed by atoms with Gasteiger partial charge in [0.05, 0.1) is 12.3 Å². The number of carbonyl (C=O) groups excluding carboxylic acids is 1. The second-order valence-corrected chi connectivity index (χ2v) is 15.7. The zero-order valence-corrected chi connectivity index (χ0v) is 22.8. The molecule has 1 heterocycles. The summed E-state index contributed by atoms with van der Waals surface area (Å²) in [6.07, 6.45) is 1.44. The van der Waals surface area contributed by atoms with E-state index in [1.807, 2.05) is 42.5 Å². The van der Waals surface area contributed by atoms with E-state index in [4.69, 9.17) is 26.9 Å². The highest BCUT2D eigenvalue weighted by atomic mass is 79.9. The minimum atomic E-state index is -2.06. The van der Waals surface area contributed by atoms with Crippen LogP contribution in [0.1, 0.15) is 31.9 Å². The van der Waals surface area contributed by atoms with Crippen LogP contribution in [-0.2, 0) is 9.22 Å². The van der Waals surface area contributed by atoms with Crippen LogP contribution in [0.25, 0.3) is 0 Å². The first-order chi connectivity index (χ1) is 15.4. The monoisotopic (exact) mass is 548 g/mol. The summed E-state index contributed by atoms with van der Waals surface area (Å²) in [5.41, 5.74) is 6.23. The third-order valence-corrected chi connectivity index (χ3v) is 11.4. The van der Waals surface area contributed by atoms with E-state index in [2.05, 4.69) is 60.5 Å². The fourth-order valence-corrected chi connectivity index (χ4v) is 4.63. The number of aliphatic imine (C=N–C) groups is 1. The minimum Gasteiger partial charge on any atom is -0.414 e. The Morgan fingerprint density at radius 3 is 2.55 bits per heavy atom. The highest BCUT2D eigenvalue weighted by Gasteiger charge is 2.38. The number of benzodiazepines with no additional fused rings is 1. The second-order valence-electron chi connectivity index (χ2n) is 9.49. The van der Waals surface area contributed by atoms with Gasteiger partial charge in [0.25, 0.3) is 5.91 Å². The number of hydrogen-bond donors (Lipinski definition) is 3. The molecule has 1 aliphatic rings. The Hall–Kier alpha value is -1.97. The molecule has 1 aliphatic heterocycles. The van der Waals surface area contributed by atoms with Gasteiger partial charge in [-0.15, -0.1) is 0 Å². The fourth-order valence-electron chi connectivity index (χ4n) is 3.14. The number of hydrazine groups is 1. The molecule has 0 fully saturated rings. The Bertz CT molecular complexity index is 1090. The van der Waals surface area contributed by atoms with Crippen LogP contribution in [0.4, 0.5) is 5.69 Å². The summed E-state index contributed by atoms with van der Waals surface area (Å²) in [5.74, 6) is 4.95. The molecule has 2 aromatic carbocycles. The Morgan fingerprint density at radius 1 is 1.27 bits per heavy atom. The van der Waals surface area contributed by atoms with Crippen molar-refractivity contribution in [3.63, 3.8) is 0 Å². The molecular weight excluding hydrogens is 520 g/mol. The minimum absolute atomic E-state index is 0.0419. The number of benzene rings is 2. The van der Waals surface area contributed by atoms with Crippen molar-refractivity contribution in [2.75, 3.05) is 11.9 Å². The average Bonchev–Trinajstić information content (AvgIpc) is 2.88. The van der Waals surface area contributed by atoms with Gasteiger partial charge in [0, 0.05) is 38.1 Å². The molecule has 9 heteroatoms. The molecule has 176 valence electrons. The number of nitrogens with one attached hydrogen (secondary N) is 2. The molecule has 1 atom stereocenters. The van der Waals surface area contributed by atoms with E-state index in [0.717, 1.165) is 27.0 Å². The third-order valence-electron chi connectivity index (χ3n) is 6.11. The van der Waals surface area contributed by atoms with Gasteiger partial charge in [-0.05, 0) is 48.5 Å². The van der Waals surface area contributed by atoms with E-state index in [0.29, 0.717) is 17.3 Å². The maximum absolute atomic E-state index is 12.2. The molecule has 0 saturated carbocycles. The van der Waals surface area contributed by atoms with Gasteiger partial charge >= 0.3 is 0 Å². The summed E-state index contributed by atoms with van der Waals surface area (Å²) in [7, 11) is -2.06. The molecule has 33 heavy (non-hydrogen) atoms. The van der Waals surface area contributed by atoms with E-state index in [9.17, 15) is 4.79 Å². The molecule has 0 saturated heterocycles. The van der Waals surface area contributed by atoms with Gasteiger partial charge in [0.15, 0.2) is 8.32 Å². The third kappa shape index (κ3) is 6.13. The molecule has 6 nitrogen and oxygen atoms in total. The van der Waals surface area contributed by atoms with Gasteiger partial charge in [-0.1, -0.05) is 60.4 Å². The Balaban J connectivity index is 2.15. The number of hydrogen-bond acceptors (Lipinski definition) is 5. The smallest absolute Gasteiger partial charge is 0.259 e. The van der Waals surface area contributed by atoms with Crippen LogP contribution >= 0.6 is 27.5 Å². The number of fused-ring (bicyclic) bond motifs is 1. The van der Waals surface area contributed by atoms with Crippen LogP contribution in [0, 0.1) is 0 Å². The van der Waals surface area contributed by atoms with Gasteiger partial charge < -0.3 is 9.74 Å². The van der Waals surface area contributed by atoms with Crippen molar-refractivity contribution in [3.05, 3.63) is 74.9 Å². The predicted octanol–water partition coefficient (Wildman–Crippen LogP) is 5.63. The van der Waals surface area contributed by atoms with Crippen molar-refractivity contribution in [2.45, 2.75) is 44.9 Å². The number of nitrogens with two attached hydrogens (primary N) is 1. The van der Waals surface area contributed by atoms with Crippen molar-refractivity contribution >= 4 is 53.2 Å². The zero-order chi connectivity index (χ0) is 24.4. The van der Waals surface area contributed by atoms with Crippen LogP contribution in [0.5, 0.6) is 0 Å². The topological polar surface area (TPSA) is 88.7 Å². The van der Waals surface area contributed by atoms with Crippen molar-refractivity contribution in [3.8, 4) is 0 Å². The molecule has 3 rings (SSSR count). The second kappa shape index (κ2) is 10.1. The highest BCUT2D eigenvalue weighted by Crippen LogP contribution is 2.37. The fraction of sp³-hybridized carbons (Fsp3) is 0.333. The number of halogens is 2. The van der Waals surface area contributed by atoms with E-state index in [-0.39, 0.29) is 5.04 Å². The molecule has 0 unspecified atom stereocenters. The quantitative estimate of drug-likeness (QED) is 0.148. The molecule has 0 bridgehead atoms. The summed E-state index contributed by atoms with van der Waals surface area (Å²) in [6.45, 7) is 11.3. The standard InChI is InChI=1S/C24H30BrClN4O2Si/c1-24(2,3)33(4,5)32-14-21-20(13-22(31)30-27)28-19-11-8-16(25)12-18(19)23(29-21)15-6-9-17(26)10-7-15/h6-13,21,28H,14,27H2,1-5H3,(H,30,31)/t21-/m0/s1. The Morgan fingerprint density at radius 2 is 1.94 bits per heavy atom. The zero-order valence-electron chi connectivity index (χ0n) is 19.5. The average molecular weight is 550 g/mol. The first-order valence-electron chi connectivity index (χ1n) is 10.7. The number of nitrogens with zero attached hydrogens (tertiary/aromatic N) is 1. The lowest BCUT2D eigenvalue weighted by atomic mass is 10.0. The lowest BCUT2D eigenvalue weighted by molar-refractivity contribution is -0.116. The molecular formula is C24H30BrClN4O2Si. The maximum Gasteiger partial charge on any atom is 0.259 e. The summed E-state index contributed by atoms with van der Waals surface area (Å²) in [6, 6.07) is 13.0. The normalized spacial score (nSPS) is 17.6. The van der Waals surface area contributed by atoms with E-state index < -0.39 is 20.3 Å². The number of rotatable bonds is 5.